The summed E-state index contributed by atoms with van der Waals surface area (Å²) >= 11 is 0. The Morgan fingerprint density at radius 3 is 2.34 bits per heavy atom. The molecule has 0 fully saturated rings. The monoisotopic (exact) mass is 500 g/mol. The highest BCUT2D eigenvalue weighted by Gasteiger charge is 2.34. The number of ether oxygens (including phenoxy) is 3. The molecule has 3 heterocycles. The Morgan fingerprint density at radius 2 is 1.58 bits per heavy atom. The maximum atomic E-state index is 6.52. The van der Waals surface area contributed by atoms with Crippen molar-refractivity contribution in [3.63, 3.8) is 0 Å². The number of hydrogen-bond acceptors (Lipinski definition) is 6. The molecule has 0 spiro atoms. The van der Waals surface area contributed by atoms with E-state index in [0.29, 0.717) is 18.1 Å². The van der Waals surface area contributed by atoms with Gasteiger partial charge in [-0.25, -0.2) is 14.5 Å². The number of benzene rings is 4. The second-order valence-electron chi connectivity index (χ2n) is 9.30. The van der Waals surface area contributed by atoms with Gasteiger partial charge < -0.3 is 14.2 Å². The normalized spacial score (nSPS) is 14.1. The summed E-state index contributed by atoms with van der Waals surface area (Å²) in [7, 11) is 3.34. The molecule has 6 aromatic rings. The van der Waals surface area contributed by atoms with Crippen LogP contribution in [-0.2, 0) is 6.42 Å². The van der Waals surface area contributed by atoms with Crippen molar-refractivity contribution >= 4 is 16.4 Å². The van der Waals surface area contributed by atoms with Crippen LogP contribution in [0.25, 0.3) is 16.4 Å². The van der Waals surface area contributed by atoms with Gasteiger partial charge >= 0.3 is 0 Å². The van der Waals surface area contributed by atoms with E-state index in [4.69, 9.17) is 29.3 Å². The average Bonchev–Trinajstić information content (AvgIpc) is 3.39. The summed E-state index contributed by atoms with van der Waals surface area (Å²) in [5, 5.41) is 6.93. The minimum Gasteiger partial charge on any atom is -0.497 e. The van der Waals surface area contributed by atoms with Gasteiger partial charge in [-0.15, -0.1) is 5.10 Å². The smallest absolute Gasteiger partial charge is 0.228 e. The maximum Gasteiger partial charge on any atom is 0.228 e. The fourth-order valence-electron chi connectivity index (χ4n) is 5.23. The van der Waals surface area contributed by atoms with Crippen LogP contribution in [0.2, 0.25) is 0 Å². The van der Waals surface area contributed by atoms with E-state index in [1.165, 1.54) is 0 Å². The lowest BCUT2D eigenvalue weighted by Crippen LogP contribution is -2.15. The Hall–Kier alpha value is -4.91. The Kier molecular flexibility index (Phi) is 5.21. The number of methoxy groups -OCH3 is 2. The fourth-order valence-corrected chi connectivity index (χ4v) is 5.23. The largest absolute Gasteiger partial charge is 0.497 e. The first-order valence-electron chi connectivity index (χ1n) is 12.4. The first-order chi connectivity index (χ1) is 18.7. The lowest BCUT2D eigenvalue weighted by atomic mass is 9.83. The van der Waals surface area contributed by atoms with Crippen molar-refractivity contribution in [3.8, 4) is 23.1 Å². The van der Waals surface area contributed by atoms with Crippen LogP contribution < -0.4 is 14.2 Å². The summed E-state index contributed by atoms with van der Waals surface area (Å²) in [5.41, 5.74) is 4.90. The van der Waals surface area contributed by atoms with E-state index in [-0.39, 0.29) is 5.92 Å². The Balaban J connectivity index is 1.40. The molecule has 0 saturated carbocycles. The van der Waals surface area contributed by atoms with E-state index >= 15 is 0 Å². The Bertz CT molecular complexity index is 1790. The predicted octanol–water partition coefficient (Wildman–Crippen LogP) is 6.17. The first-order valence-corrected chi connectivity index (χ1v) is 12.4. The van der Waals surface area contributed by atoms with Crippen molar-refractivity contribution in [3.05, 3.63) is 119 Å². The van der Waals surface area contributed by atoms with E-state index in [9.17, 15) is 0 Å². The van der Waals surface area contributed by atoms with Crippen LogP contribution in [0, 0.1) is 0 Å². The second kappa shape index (κ2) is 8.88. The van der Waals surface area contributed by atoms with Gasteiger partial charge in [0.2, 0.25) is 5.88 Å². The molecule has 0 unspecified atom stereocenters. The van der Waals surface area contributed by atoms with E-state index in [0.717, 1.165) is 55.9 Å². The van der Waals surface area contributed by atoms with Gasteiger partial charge in [0, 0.05) is 23.3 Å². The lowest BCUT2D eigenvalue weighted by Gasteiger charge is -2.28. The van der Waals surface area contributed by atoms with Gasteiger partial charge in [0.05, 0.1) is 19.8 Å². The van der Waals surface area contributed by atoms with Crippen LogP contribution in [-0.4, -0.2) is 33.8 Å². The summed E-state index contributed by atoms with van der Waals surface area (Å²) in [4.78, 5) is 9.69. The molecule has 1 aliphatic heterocycles. The van der Waals surface area contributed by atoms with Gasteiger partial charge in [0.25, 0.3) is 0 Å². The molecule has 1 atom stereocenters. The standard InChI is InChI=1S/C31H24N4O3/c1-36-22-12-7-19(8-13-22)17-26-33-30-28-27(21-9-14-23(37-2)15-10-21)25-16-11-20-5-3-4-6-24(20)29(25)38-31(28)32-18-35(30)34-26/h3-16,18,27H,17H2,1-2H3/t27-/m1/s1. The van der Waals surface area contributed by atoms with Crippen molar-refractivity contribution in [1.29, 1.82) is 0 Å². The van der Waals surface area contributed by atoms with E-state index in [2.05, 4.69) is 36.4 Å². The van der Waals surface area contributed by atoms with Crippen molar-refractivity contribution in [2.45, 2.75) is 12.3 Å². The van der Waals surface area contributed by atoms with Gasteiger partial charge in [0.1, 0.15) is 23.6 Å². The quantitative estimate of drug-likeness (QED) is 0.281. The SMILES string of the molecule is COc1ccc(Cc2nc3c4c(ncn3n2)Oc2c(ccc3ccccc23)[C@H]4c2ccc(OC)cc2)cc1. The molecule has 0 amide bonds. The van der Waals surface area contributed by atoms with Crippen LogP contribution in [0.4, 0.5) is 0 Å². The van der Waals surface area contributed by atoms with Gasteiger partial charge in [0.15, 0.2) is 11.5 Å². The molecule has 7 nitrogen and oxygen atoms in total. The second-order valence-corrected chi connectivity index (χ2v) is 9.30. The third-order valence-corrected chi connectivity index (χ3v) is 7.11. The molecule has 4 aromatic carbocycles. The van der Waals surface area contributed by atoms with Gasteiger partial charge in [-0.2, -0.15) is 0 Å². The molecule has 7 heteroatoms. The molecule has 0 radical (unpaired) electrons. The molecular formula is C31H24N4O3. The summed E-state index contributed by atoms with van der Waals surface area (Å²) in [6, 6.07) is 28.7. The minimum atomic E-state index is -0.140. The van der Waals surface area contributed by atoms with Crippen molar-refractivity contribution in [1.82, 2.24) is 19.6 Å². The molecule has 186 valence electrons. The molecular weight excluding hydrogens is 476 g/mol. The average molecular weight is 501 g/mol. The zero-order valence-electron chi connectivity index (χ0n) is 21.0. The fraction of sp³-hybridized carbons (Fsp3) is 0.129. The van der Waals surface area contributed by atoms with E-state index in [1.807, 2.05) is 48.5 Å². The molecule has 0 bridgehead atoms. The first kappa shape index (κ1) is 22.3. The van der Waals surface area contributed by atoms with Crippen LogP contribution in [0.1, 0.15) is 34.0 Å². The van der Waals surface area contributed by atoms with Crippen LogP contribution in [0.3, 0.4) is 0 Å². The van der Waals surface area contributed by atoms with Gasteiger partial charge in [-0.3, -0.25) is 0 Å². The molecule has 0 saturated heterocycles. The number of hydrogen-bond donors (Lipinski definition) is 0. The molecule has 38 heavy (non-hydrogen) atoms. The summed E-state index contributed by atoms with van der Waals surface area (Å²) in [6.07, 6.45) is 2.27. The molecule has 1 aliphatic rings. The topological polar surface area (TPSA) is 70.8 Å². The van der Waals surface area contributed by atoms with Crippen molar-refractivity contribution in [2.24, 2.45) is 0 Å². The van der Waals surface area contributed by atoms with E-state index in [1.54, 1.807) is 25.1 Å². The van der Waals surface area contributed by atoms with Gasteiger partial charge in [-0.1, -0.05) is 60.7 Å². The van der Waals surface area contributed by atoms with Crippen LogP contribution in [0.5, 0.6) is 23.1 Å². The molecule has 2 aromatic heterocycles. The highest BCUT2D eigenvalue weighted by Crippen LogP contribution is 2.50. The molecule has 0 N–H and O–H groups in total. The van der Waals surface area contributed by atoms with Crippen molar-refractivity contribution in [2.75, 3.05) is 14.2 Å². The summed E-state index contributed by atoms with van der Waals surface area (Å²) in [6.45, 7) is 0. The van der Waals surface area contributed by atoms with Gasteiger partial charge in [-0.05, 0) is 40.8 Å². The third-order valence-electron chi connectivity index (χ3n) is 7.11. The van der Waals surface area contributed by atoms with Crippen molar-refractivity contribution < 1.29 is 14.2 Å². The highest BCUT2D eigenvalue weighted by molar-refractivity contribution is 5.91. The Morgan fingerprint density at radius 1 is 0.842 bits per heavy atom. The summed E-state index contributed by atoms with van der Waals surface area (Å²) < 4.78 is 19.0. The summed E-state index contributed by atoms with van der Waals surface area (Å²) in [5.74, 6) is 3.57. The third kappa shape index (κ3) is 3.63. The zero-order chi connectivity index (χ0) is 25.6. The number of rotatable bonds is 5. The van der Waals surface area contributed by atoms with Crippen LogP contribution >= 0.6 is 0 Å². The van der Waals surface area contributed by atoms with E-state index < -0.39 is 0 Å². The predicted molar refractivity (Wildman–Crippen MR) is 145 cm³/mol. The number of nitrogens with zero attached hydrogens (tertiary/aromatic N) is 4. The minimum absolute atomic E-state index is 0.140. The van der Waals surface area contributed by atoms with Crippen LogP contribution in [0.15, 0.2) is 91.3 Å². The number of aromatic nitrogens is 4. The maximum absolute atomic E-state index is 6.52. The molecule has 0 aliphatic carbocycles. The highest BCUT2D eigenvalue weighted by atomic mass is 16.5. The molecule has 7 rings (SSSR count). The Labute approximate surface area is 219 Å². The lowest BCUT2D eigenvalue weighted by molar-refractivity contribution is 0.414. The zero-order valence-corrected chi connectivity index (χ0v) is 21.0. The number of fused-ring (bicyclic) bond motifs is 6.